The standard InChI is InChI=1S/C20H23NO3/c1-23-20(22)17-10-7-11-18(14-17)21-13-6-5-12-19(21)24-15-16-8-3-2-4-9-16/h2-4,7-11,14,19H,5-6,12-13,15H2,1H3. The van der Waals surface area contributed by atoms with Crippen molar-refractivity contribution >= 4 is 11.7 Å². The highest BCUT2D eigenvalue weighted by Gasteiger charge is 2.24. The molecule has 126 valence electrons. The van der Waals surface area contributed by atoms with Gasteiger partial charge in [-0.15, -0.1) is 0 Å². The summed E-state index contributed by atoms with van der Waals surface area (Å²) in [6.07, 6.45) is 3.32. The van der Waals surface area contributed by atoms with Gasteiger partial charge >= 0.3 is 5.97 Å². The largest absolute Gasteiger partial charge is 0.465 e. The number of piperidine rings is 1. The van der Waals surface area contributed by atoms with Crippen LogP contribution < -0.4 is 4.90 Å². The van der Waals surface area contributed by atoms with E-state index < -0.39 is 0 Å². The number of carbonyl (C=O) groups is 1. The highest BCUT2D eigenvalue weighted by molar-refractivity contribution is 5.90. The van der Waals surface area contributed by atoms with Crippen molar-refractivity contribution < 1.29 is 14.3 Å². The number of methoxy groups -OCH3 is 1. The minimum absolute atomic E-state index is 0.0341. The van der Waals surface area contributed by atoms with Crippen molar-refractivity contribution in [1.82, 2.24) is 0 Å². The van der Waals surface area contributed by atoms with Crippen molar-refractivity contribution in [2.45, 2.75) is 32.1 Å². The Morgan fingerprint density at radius 3 is 2.75 bits per heavy atom. The molecule has 2 aromatic rings. The number of esters is 1. The summed E-state index contributed by atoms with van der Waals surface area (Å²) in [4.78, 5) is 14.0. The summed E-state index contributed by atoms with van der Waals surface area (Å²) < 4.78 is 11.0. The zero-order valence-electron chi connectivity index (χ0n) is 14.0. The lowest BCUT2D eigenvalue weighted by Crippen LogP contribution is -2.41. The van der Waals surface area contributed by atoms with E-state index >= 15 is 0 Å². The lowest BCUT2D eigenvalue weighted by atomic mass is 10.1. The summed E-state index contributed by atoms with van der Waals surface area (Å²) in [6.45, 7) is 1.53. The maximum absolute atomic E-state index is 11.8. The van der Waals surface area contributed by atoms with E-state index in [-0.39, 0.29) is 12.2 Å². The molecular weight excluding hydrogens is 302 g/mol. The molecule has 3 rings (SSSR count). The zero-order valence-corrected chi connectivity index (χ0v) is 14.0. The van der Waals surface area contributed by atoms with Crippen molar-refractivity contribution in [1.29, 1.82) is 0 Å². The molecule has 0 spiro atoms. The normalized spacial score (nSPS) is 17.5. The number of carbonyl (C=O) groups excluding carboxylic acids is 1. The Morgan fingerprint density at radius 2 is 1.96 bits per heavy atom. The summed E-state index contributed by atoms with van der Waals surface area (Å²) >= 11 is 0. The zero-order chi connectivity index (χ0) is 16.8. The van der Waals surface area contributed by atoms with Crippen LogP contribution in [-0.4, -0.2) is 25.9 Å². The SMILES string of the molecule is COC(=O)c1cccc(N2CCCCC2OCc2ccccc2)c1. The molecule has 4 nitrogen and oxygen atoms in total. The molecule has 0 saturated carbocycles. The van der Waals surface area contributed by atoms with Crippen molar-refractivity contribution in [2.24, 2.45) is 0 Å². The van der Waals surface area contributed by atoms with E-state index in [0.717, 1.165) is 31.5 Å². The van der Waals surface area contributed by atoms with Crippen LogP contribution in [0, 0.1) is 0 Å². The molecule has 1 aliphatic heterocycles. The van der Waals surface area contributed by atoms with Crippen molar-refractivity contribution in [3.63, 3.8) is 0 Å². The second-order valence-corrected chi connectivity index (χ2v) is 5.98. The average molecular weight is 325 g/mol. The van der Waals surface area contributed by atoms with Gasteiger partial charge in [0.1, 0.15) is 6.23 Å². The fraction of sp³-hybridized carbons (Fsp3) is 0.350. The lowest BCUT2D eigenvalue weighted by Gasteiger charge is -2.37. The quantitative estimate of drug-likeness (QED) is 0.779. The van der Waals surface area contributed by atoms with Crippen molar-refractivity contribution in [3.8, 4) is 0 Å². The van der Waals surface area contributed by atoms with Gasteiger partial charge in [0.25, 0.3) is 0 Å². The molecule has 0 radical (unpaired) electrons. The van der Waals surface area contributed by atoms with Crippen LogP contribution in [0.25, 0.3) is 0 Å². The number of hydrogen-bond donors (Lipinski definition) is 0. The Hall–Kier alpha value is -2.33. The third kappa shape index (κ3) is 3.95. The Labute approximate surface area is 143 Å². The molecule has 4 heteroatoms. The molecule has 1 aliphatic rings. The van der Waals surface area contributed by atoms with Crippen LogP contribution in [0.2, 0.25) is 0 Å². The number of nitrogens with zero attached hydrogens (tertiary/aromatic N) is 1. The van der Waals surface area contributed by atoms with Gasteiger partial charge in [0.2, 0.25) is 0 Å². The second kappa shape index (κ2) is 7.97. The third-order valence-electron chi connectivity index (χ3n) is 4.33. The summed E-state index contributed by atoms with van der Waals surface area (Å²) in [6, 6.07) is 17.8. The molecule has 0 N–H and O–H groups in total. The van der Waals surface area contributed by atoms with Crippen LogP contribution in [0.5, 0.6) is 0 Å². The molecule has 1 fully saturated rings. The van der Waals surface area contributed by atoms with E-state index in [2.05, 4.69) is 17.0 Å². The number of anilines is 1. The van der Waals surface area contributed by atoms with E-state index in [0.29, 0.717) is 12.2 Å². The molecule has 1 saturated heterocycles. The highest BCUT2D eigenvalue weighted by Crippen LogP contribution is 2.27. The first-order valence-electron chi connectivity index (χ1n) is 8.38. The number of ether oxygens (including phenoxy) is 2. The highest BCUT2D eigenvalue weighted by atomic mass is 16.5. The first-order valence-corrected chi connectivity index (χ1v) is 8.38. The maximum Gasteiger partial charge on any atom is 0.337 e. The van der Waals surface area contributed by atoms with Gasteiger partial charge in [0, 0.05) is 12.2 Å². The smallest absolute Gasteiger partial charge is 0.337 e. The van der Waals surface area contributed by atoms with Crippen LogP contribution in [0.3, 0.4) is 0 Å². The summed E-state index contributed by atoms with van der Waals surface area (Å²) in [5.41, 5.74) is 2.75. The Balaban J connectivity index is 1.73. The van der Waals surface area contributed by atoms with Crippen molar-refractivity contribution in [2.75, 3.05) is 18.6 Å². The monoisotopic (exact) mass is 325 g/mol. The fourth-order valence-corrected chi connectivity index (χ4v) is 3.07. The van der Waals surface area contributed by atoms with Gasteiger partial charge in [-0.25, -0.2) is 4.79 Å². The van der Waals surface area contributed by atoms with Gasteiger partial charge in [0.15, 0.2) is 0 Å². The Morgan fingerprint density at radius 1 is 1.12 bits per heavy atom. The van der Waals surface area contributed by atoms with Gasteiger partial charge in [-0.2, -0.15) is 0 Å². The molecule has 0 bridgehead atoms. The summed E-state index contributed by atoms with van der Waals surface area (Å²) in [5.74, 6) is -0.310. The van der Waals surface area contributed by atoms with E-state index in [9.17, 15) is 4.79 Å². The van der Waals surface area contributed by atoms with Gasteiger partial charge in [-0.05, 0) is 43.0 Å². The summed E-state index contributed by atoms with van der Waals surface area (Å²) in [5, 5.41) is 0. The molecule has 0 aliphatic carbocycles. The Kier molecular flexibility index (Phi) is 5.49. The number of benzene rings is 2. The fourth-order valence-electron chi connectivity index (χ4n) is 3.07. The summed E-state index contributed by atoms with van der Waals surface area (Å²) in [7, 11) is 1.40. The second-order valence-electron chi connectivity index (χ2n) is 5.98. The minimum Gasteiger partial charge on any atom is -0.465 e. The molecule has 0 amide bonds. The predicted molar refractivity (Wildman–Crippen MR) is 94.0 cm³/mol. The molecule has 0 aromatic heterocycles. The predicted octanol–water partition coefficient (Wildman–Crippen LogP) is 4.01. The van der Waals surface area contributed by atoms with Gasteiger partial charge in [-0.3, -0.25) is 0 Å². The topological polar surface area (TPSA) is 38.8 Å². The minimum atomic E-state index is -0.310. The van der Waals surface area contributed by atoms with Gasteiger partial charge in [-0.1, -0.05) is 36.4 Å². The Bertz CT molecular complexity index is 672. The van der Waals surface area contributed by atoms with E-state index in [4.69, 9.17) is 9.47 Å². The van der Waals surface area contributed by atoms with Gasteiger partial charge in [0.05, 0.1) is 19.3 Å². The van der Waals surface area contributed by atoms with Crippen LogP contribution in [-0.2, 0) is 16.1 Å². The van der Waals surface area contributed by atoms with Crippen LogP contribution in [0.4, 0.5) is 5.69 Å². The molecule has 1 heterocycles. The molecule has 1 atom stereocenters. The van der Waals surface area contributed by atoms with Crippen LogP contribution >= 0.6 is 0 Å². The molecular formula is C20H23NO3. The molecule has 1 unspecified atom stereocenters. The lowest BCUT2D eigenvalue weighted by molar-refractivity contribution is 0.0228. The van der Waals surface area contributed by atoms with Gasteiger partial charge < -0.3 is 14.4 Å². The molecule has 24 heavy (non-hydrogen) atoms. The third-order valence-corrected chi connectivity index (χ3v) is 4.33. The first-order chi connectivity index (χ1) is 11.8. The first kappa shape index (κ1) is 16.5. The van der Waals surface area contributed by atoms with E-state index in [1.165, 1.54) is 12.7 Å². The number of hydrogen-bond acceptors (Lipinski definition) is 4. The number of rotatable bonds is 5. The van der Waals surface area contributed by atoms with Crippen LogP contribution in [0.15, 0.2) is 54.6 Å². The average Bonchev–Trinajstić information content (AvgIpc) is 2.67. The molecule has 2 aromatic carbocycles. The van der Waals surface area contributed by atoms with E-state index in [1.807, 2.05) is 36.4 Å². The van der Waals surface area contributed by atoms with Crippen LogP contribution in [0.1, 0.15) is 35.2 Å². The maximum atomic E-state index is 11.8. The van der Waals surface area contributed by atoms with E-state index in [1.54, 1.807) is 6.07 Å². The van der Waals surface area contributed by atoms with Crippen molar-refractivity contribution in [3.05, 3.63) is 65.7 Å².